The maximum atomic E-state index is 9.18. The lowest BCUT2D eigenvalue weighted by Crippen LogP contribution is -2.25. The van der Waals surface area contributed by atoms with E-state index in [1.165, 1.54) is 5.56 Å². The van der Waals surface area contributed by atoms with Crippen molar-refractivity contribution in [3.8, 4) is 5.75 Å². The Kier molecular flexibility index (Phi) is 3.17. The van der Waals surface area contributed by atoms with Gasteiger partial charge in [0.05, 0.1) is 0 Å². The number of hydrogen-bond donors (Lipinski definition) is 2. The molecule has 0 aromatic heterocycles. The Morgan fingerprint density at radius 2 is 1.71 bits per heavy atom. The first-order valence-corrected chi connectivity index (χ1v) is 4.94. The predicted octanol–water partition coefficient (Wildman–Crippen LogP) is 2.48. The SMILES string of the molecule is CC(C)(C)C(CN)c1ccc(O)cc1. The first-order chi connectivity index (χ1) is 6.45. The monoisotopic (exact) mass is 193 g/mol. The summed E-state index contributed by atoms with van der Waals surface area (Å²) in [5.74, 6) is 0.640. The molecule has 2 heteroatoms. The van der Waals surface area contributed by atoms with Crippen LogP contribution in [0.25, 0.3) is 0 Å². The molecule has 0 amide bonds. The number of rotatable bonds is 2. The molecule has 14 heavy (non-hydrogen) atoms. The standard InChI is InChI=1S/C12H19NO/c1-12(2,3)11(8-13)9-4-6-10(14)7-5-9/h4-7,11,14H,8,13H2,1-3H3. The molecular formula is C12H19NO. The van der Waals surface area contributed by atoms with Crippen molar-refractivity contribution in [2.75, 3.05) is 6.54 Å². The van der Waals surface area contributed by atoms with Gasteiger partial charge in [-0.05, 0) is 29.7 Å². The van der Waals surface area contributed by atoms with Crippen LogP contribution in [0.4, 0.5) is 0 Å². The van der Waals surface area contributed by atoms with Gasteiger partial charge in [-0.25, -0.2) is 0 Å². The van der Waals surface area contributed by atoms with Gasteiger partial charge in [0, 0.05) is 5.92 Å². The molecule has 0 aliphatic heterocycles. The summed E-state index contributed by atoms with van der Waals surface area (Å²) in [4.78, 5) is 0. The molecule has 0 saturated carbocycles. The lowest BCUT2D eigenvalue weighted by Gasteiger charge is -2.30. The quantitative estimate of drug-likeness (QED) is 0.758. The van der Waals surface area contributed by atoms with Crippen molar-refractivity contribution < 1.29 is 5.11 Å². The van der Waals surface area contributed by atoms with E-state index in [4.69, 9.17) is 5.73 Å². The van der Waals surface area contributed by atoms with E-state index in [2.05, 4.69) is 20.8 Å². The zero-order valence-electron chi connectivity index (χ0n) is 9.12. The Labute approximate surface area is 85.8 Å². The van der Waals surface area contributed by atoms with Crippen LogP contribution in [-0.2, 0) is 0 Å². The predicted molar refractivity (Wildman–Crippen MR) is 59.4 cm³/mol. The Bertz CT molecular complexity index is 284. The number of phenols is 1. The largest absolute Gasteiger partial charge is 0.508 e. The second-order valence-corrected chi connectivity index (χ2v) is 4.75. The fourth-order valence-corrected chi connectivity index (χ4v) is 1.70. The van der Waals surface area contributed by atoms with Crippen molar-refractivity contribution in [2.45, 2.75) is 26.7 Å². The third kappa shape index (κ3) is 2.48. The number of benzene rings is 1. The molecule has 2 nitrogen and oxygen atoms in total. The highest BCUT2D eigenvalue weighted by atomic mass is 16.3. The maximum absolute atomic E-state index is 9.18. The van der Waals surface area contributed by atoms with Crippen LogP contribution in [0, 0.1) is 5.41 Å². The molecule has 78 valence electrons. The summed E-state index contributed by atoms with van der Waals surface area (Å²) in [6.45, 7) is 7.17. The van der Waals surface area contributed by atoms with Crippen LogP contribution in [0.3, 0.4) is 0 Å². The molecular weight excluding hydrogens is 174 g/mol. The van der Waals surface area contributed by atoms with Gasteiger partial charge >= 0.3 is 0 Å². The van der Waals surface area contributed by atoms with Gasteiger partial charge in [-0.15, -0.1) is 0 Å². The molecule has 0 radical (unpaired) electrons. The lowest BCUT2D eigenvalue weighted by molar-refractivity contribution is 0.325. The summed E-state index contributed by atoms with van der Waals surface area (Å²) in [5, 5.41) is 9.18. The third-order valence-corrected chi connectivity index (χ3v) is 2.58. The topological polar surface area (TPSA) is 46.2 Å². The maximum Gasteiger partial charge on any atom is 0.115 e. The van der Waals surface area contributed by atoms with Gasteiger partial charge in [0.2, 0.25) is 0 Å². The number of aromatic hydroxyl groups is 1. The van der Waals surface area contributed by atoms with E-state index in [1.807, 2.05) is 12.1 Å². The highest BCUT2D eigenvalue weighted by molar-refractivity contribution is 5.29. The van der Waals surface area contributed by atoms with Crippen molar-refractivity contribution in [1.29, 1.82) is 0 Å². The van der Waals surface area contributed by atoms with Gasteiger partial charge < -0.3 is 10.8 Å². The average Bonchev–Trinajstić information content (AvgIpc) is 2.07. The van der Waals surface area contributed by atoms with Gasteiger partial charge in [-0.1, -0.05) is 32.9 Å². The number of hydrogen-bond acceptors (Lipinski definition) is 2. The van der Waals surface area contributed by atoms with Crippen LogP contribution in [0.2, 0.25) is 0 Å². The zero-order valence-corrected chi connectivity index (χ0v) is 9.12. The molecule has 0 heterocycles. The van der Waals surface area contributed by atoms with E-state index in [0.29, 0.717) is 18.2 Å². The molecule has 1 aromatic carbocycles. The summed E-state index contributed by atoms with van der Waals surface area (Å²) >= 11 is 0. The Hall–Kier alpha value is -1.02. The van der Waals surface area contributed by atoms with E-state index in [-0.39, 0.29) is 5.41 Å². The second-order valence-electron chi connectivity index (χ2n) is 4.75. The summed E-state index contributed by atoms with van der Waals surface area (Å²) in [6, 6.07) is 7.31. The average molecular weight is 193 g/mol. The number of nitrogens with two attached hydrogens (primary N) is 1. The van der Waals surface area contributed by atoms with Gasteiger partial charge in [0.1, 0.15) is 5.75 Å². The molecule has 0 aliphatic rings. The summed E-state index contributed by atoms with van der Waals surface area (Å²) in [6.07, 6.45) is 0. The van der Waals surface area contributed by atoms with Crippen LogP contribution in [-0.4, -0.2) is 11.7 Å². The van der Waals surface area contributed by atoms with E-state index < -0.39 is 0 Å². The molecule has 0 saturated heterocycles. The summed E-state index contributed by atoms with van der Waals surface area (Å²) < 4.78 is 0. The van der Waals surface area contributed by atoms with Crippen molar-refractivity contribution >= 4 is 0 Å². The van der Waals surface area contributed by atoms with E-state index in [0.717, 1.165) is 0 Å². The van der Waals surface area contributed by atoms with Crippen LogP contribution in [0.5, 0.6) is 5.75 Å². The van der Waals surface area contributed by atoms with Gasteiger partial charge in [0.25, 0.3) is 0 Å². The van der Waals surface area contributed by atoms with Crippen LogP contribution in [0.15, 0.2) is 24.3 Å². The number of phenolic OH excluding ortho intramolecular Hbond substituents is 1. The molecule has 1 atom stereocenters. The molecule has 0 aliphatic carbocycles. The minimum Gasteiger partial charge on any atom is -0.508 e. The van der Waals surface area contributed by atoms with Gasteiger partial charge in [-0.2, -0.15) is 0 Å². The van der Waals surface area contributed by atoms with Crippen molar-refractivity contribution in [1.82, 2.24) is 0 Å². The van der Waals surface area contributed by atoms with Crippen molar-refractivity contribution in [2.24, 2.45) is 11.1 Å². The van der Waals surface area contributed by atoms with E-state index >= 15 is 0 Å². The highest BCUT2D eigenvalue weighted by Crippen LogP contribution is 2.34. The van der Waals surface area contributed by atoms with Crippen LogP contribution >= 0.6 is 0 Å². The Morgan fingerprint density at radius 1 is 1.21 bits per heavy atom. The first-order valence-electron chi connectivity index (χ1n) is 4.94. The minimum atomic E-state index is 0.158. The summed E-state index contributed by atoms with van der Waals surface area (Å²) in [7, 11) is 0. The van der Waals surface area contributed by atoms with Gasteiger partial charge in [-0.3, -0.25) is 0 Å². The van der Waals surface area contributed by atoms with Crippen molar-refractivity contribution in [3.05, 3.63) is 29.8 Å². The molecule has 0 fully saturated rings. The Balaban J connectivity index is 2.96. The molecule has 1 unspecified atom stereocenters. The normalized spacial score (nSPS) is 14.0. The zero-order chi connectivity index (χ0) is 10.8. The minimum absolute atomic E-state index is 0.158. The van der Waals surface area contributed by atoms with Crippen LogP contribution in [0.1, 0.15) is 32.3 Å². The fourth-order valence-electron chi connectivity index (χ4n) is 1.70. The highest BCUT2D eigenvalue weighted by Gasteiger charge is 2.24. The van der Waals surface area contributed by atoms with Crippen molar-refractivity contribution in [3.63, 3.8) is 0 Å². The molecule has 0 bridgehead atoms. The first kappa shape index (κ1) is 11.1. The third-order valence-electron chi connectivity index (χ3n) is 2.58. The fraction of sp³-hybridized carbons (Fsp3) is 0.500. The molecule has 0 spiro atoms. The lowest BCUT2D eigenvalue weighted by atomic mass is 9.76. The molecule has 1 aromatic rings. The Morgan fingerprint density at radius 3 is 2.07 bits per heavy atom. The van der Waals surface area contributed by atoms with E-state index in [1.54, 1.807) is 12.1 Å². The molecule has 3 N–H and O–H groups in total. The van der Waals surface area contributed by atoms with E-state index in [9.17, 15) is 5.11 Å². The second kappa shape index (κ2) is 4.01. The van der Waals surface area contributed by atoms with Gasteiger partial charge in [0.15, 0.2) is 0 Å². The summed E-state index contributed by atoms with van der Waals surface area (Å²) in [5.41, 5.74) is 7.12. The molecule has 1 rings (SSSR count). The smallest absolute Gasteiger partial charge is 0.115 e. The van der Waals surface area contributed by atoms with Crippen LogP contribution < -0.4 is 5.73 Å².